The summed E-state index contributed by atoms with van der Waals surface area (Å²) in [4.78, 5) is 0. The van der Waals surface area contributed by atoms with Gasteiger partial charge >= 0.3 is 0 Å². The molecule has 0 heterocycles. The molecule has 1 saturated carbocycles. The van der Waals surface area contributed by atoms with E-state index < -0.39 is 0 Å². The minimum absolute atomic E-state index is 0.321. The molecule has 0 spiro atoms. The molecule has 0 aromatic carbocycles. The molecule has 0 bridgehead atoms. The first kappa shape index (κ1) is 7.63. The van der Waals surface area contributed by atoms with Gasteiger partial charge < -0.3 is 4.74 Å². The van der Waals surface area contributed by atoms with Crippen LogP contribution in [0.5, 0.6) is 0 Å². The van der Waals surface area contributed by atoms with Crippen molar-refractivity contribution in [3.8, 4) is 5.92 Å². The maximum absolute atomic E-state index is 7.07. The molecule has 0 atom stereocenters. The van der Waals surface area contributed by atoms with E-state index >= 15 is 0 Å². The Balaban J connectivity index is 2.55. The van der Waals surface area contributed by atoms with Crippen molar-refractivity contribution in [2.45, 2.75) is 37.7 Å². The summed E-state index contributed by atoms with van der Waals surface area (Å²) in [5.41, 5.74) is -0.321. The largest absolute Gasteiger partial charge is 0.366 e. The van der Waals surface area contributed by atoms with E-state index in [0.29, 0.717) is 0 Å². The second-order valence-electron chi connectivity index (χ2n) is 2.88. The first-order chi connectivity index (χ1) is 4.83. The van der Waals surface area contributed by atoms with E-state index in [2.05, 4.69) is 5.92 Å². The molecule has 1 aliphatic carbocycles. The summed E-state index contributed by atoms with van der Waals surface area (Å²) in [6.45, 7) is 0. The van der Waals surface area contributed by atoms with Crippen LogP contribution in [0.25, 0.3) is 0 Å². The van der Waals surface area contributed by atoms with Crippen LogP contribution in [0.1, 0.15) is 32.1 Å². The van der Waals surface area contributed by atoms with Gasteiger partial charge in [0, 0.05) is 7.11 Å². The minimum Gasteiger partial charge on any atom is -0.366 e. The molecule has 0 aromatic heterocycles. The zero-order chi connectivity index (χ0) is 7.45. The molecule has 0 aromatic rings. The van der Waals surface area contributed by atoms with Gasteiger partial charge in [-0.25, -0.2) is 0 Å². The van der Waals surface area contributed by atoms with Crippen molar-refractivity contribution >= 4 is 0 Å². The van der Waals surface area contributed by atoms with Crippen LogP contribution < -0.4 is 0 Å². The third kappa shape index (κ3) is 1.33. The van der Waals surface area contributed by atoms with E-state index in [9.17, 15) is 0 Å². The van der Waals surface area contributed by atoms with Crippen molar-refractivity contribution in [1.29, 1.82) is 0 Å². The van der Waals surface area contributed by atoms with Gasteiger partial charge in [-0.05, 0) is 32.1 Å². The number of ether oxygens (including phenoxy) is 1. The highest BCUT2D eigenvalue weighted by molar-refractivity contribution is 5.05. The Morgan fingerprint density at radius 1 is 1.30 bits per heavy atom. The van der Waals surface area contributed by atoms with Gasteiger partial charge in [-0.1, -0.05) is 12.3 Å². The van der Waals surface area contributed by atoms with Crippen LogP contribution in [0.3, 0.4) is 0 Å². The molecule has 0 amide bonds. The maximum Gasteiger partial charge on any atom is 0.129 e. The molecule has 1 nitrogen and oxygen atoms in total. The Kier molecular flexibility index (Phi) is 2.34. The van der Waals surface area contributed by atoms with Gasteiger partial charge in [0.25, 0.3) is 0 Å². The third-order valence-electron chi connectivity index (χ3n) is 2.28. The fourth-order valence-corrected chi connectivity index (χ4v) is 1.50. The molecule has 0 N–H and O–H groups in total. The average Bonchev–Trinajstić information content (AvgIpc) is 2.06. The normalized spacial score (nSPS) is 23.6. The predicted octanol–water partition coefficient (Wildman–Crippen LogP) is 1.93. The lowest BCUT2D eigenvalue weighted by atomic mass is 9.85. The van der Waals surface area contributed by atoms with E-state index in [-0.39, 0.29) is 5.60 Å². The first-order valence-electron chi connectivity index (χ1n) is 3.82. The highest BCUT2D eigenvalue weighted by Gasteiger charge is 2.28. The molecular weight excluding hydrogens is 124 g/mol. The molecule has 1 rings (SSSR count). The van der Waals surface area contributed by atoms with Crippen molar-refractivity contribution in [1.82, 2.24) is 0 Å². The van der Waals surface area contributed by atoms with Crippen LogP contribution in [0.15, 0.2) is 0 Å². The first-order valence-corrected chi connectivity index (χ1v) is 3.82. The van der Waals surface area contributed by atoms with Crippen LogP contribution in [-0.2, 0) is 4.74 Å². The smallest absolute Gasteiger partial charge is 0.129 e. The second-order valence-corrected chi connectivity index (χ2v) is 2.88. The number of methoxy groups -OCH3 is 1. The third-order valence-corrected chi connectivity index (χ3v) is 2.28. The molecule has 1 fully saturated rings. The standard InChI is InChI=1S/C9H13O/c1-3-9(10-2)7-5-4-6-8-9/h4-8H2,2H3. The van der Waals surface area contributed by atoms with Crippen molar-refractivity contribution in [3.63, 3.8) is 0 Å². The lowest BCUT2D eigenvalue weighted by molar-refractivity contribution is 0.0103. The summed E-state index contributed by atoms with van der Waals surface area (Å²) in [6, 6.07) is 0. The summed E-state index contributed by atoms with van der Waals surface area (Å²) in [5.74, 6) is 2.49. The Bertz CT molecular complexity index is 137. The van der Waals surface area contributed by atoms with Crippen LogP contribution in [0.4, 0.5) is 0 Å². The van der Waals surface area contributed by atoms with E-state index in [1.54, 1.807) is 7.11 Å². The summed E-state index contributed by atoms with van der Waals surface area (Å²) in [6.07, 6.45) is 12.7. The molecule has 1 aliphatic rings. The van der Waals surface area contributed by atoms with Gasteiger partial charge in [0.1, 0.15) is 5.60 Å². The molecule has 10 heavy (non-hydrogen) atoms. The van der Waals surface area contributed by atoms with Crippen molar-refractivity contribution in [3.05, 3.63) is 6.42 Å². The highest BCUT2D eigenvalue weighted by atomic mass is 16.5. The summed E-state index contributed by atoms with van der Waals surface area (Å²) >= 11 is 0. The van der Waals surface area contributed by atoms with Crippen LogP contribution >= 0.6 is 0 Å². The Labute approximate surface area is 62.8 Å². The lowest BCUT2D eigenvalue weighted by Crippen LogP contribution is -2.31. The van der Waals surface area contributed by atoms with Gasteiger partial charge in [0.15, 0.2) is 0 Å². The summed E-state index contributed by atoms with van der Waals surface area (Å²) in [5, 5.41) is 0. The highest BCUT2D eigenvalue weighted by Crippen LogP contribution is 2.29. The van der Waals surface area contributed by atoms with Crippen LogP contribution in [0, 0.1) is 12.3 Å². The molecule has 1 heteroatoms. The average molecular weight is 137 g/mol. The second kappa shape index (κ2) is 3.07. The SMILES string of the molecule is [C]#CC1(OC)CCCCC1. The van der Waals surface area contributed by atoms with Gasteiger partial charge in [-0.15, -0.1) is 0 Å². The van der Waals surface area contributed by atoms with Crippen molar-refractivity contribution in [2.24, 2.45) is 0 Å². The van der Waals surface area contributed by atoms with E-state index in [1.165, 1.54) is 19.3 Å². The van der Waals surface area contributed by atoms with Crippen molar-refractivity contribution in [2.75, 3.05) is 7.11 Å². The molecule has 55 valence electrons. The molecule has 0 saturated heterocycles. The van der Waals surface area contributed by atoms with Crippen LogP contribution in [-0.4, -0.2) is 12.7 Å². The molecule has 0 unspecified atom stereocenters. The number of hydrogen-bond acceptors (Lipinski definition) is 1. The summed E-state index contributed by atoms with van der Waals surface area (Å²) in [7, 11) is 1.67. The topological polar surface area (TPSA) is 9.23 Å². The fourth-order valence-electron chi connectivity index (χ4n) is 1.50. The lowest BCUT2D eigenvalue weighted by Gasteiger charge is -2.30. The van der Waals surface area contributed by atoms with E-state index in [4.69, 9.17) is 11.2 Å². The van der Waals surface area contributed by atoms with Gasteiger partial charge in [-0.2, -0.15) is 0 Å². The molecular formula is C9H13O. The zero-order valence-corrected chi connectivity index (χ0v) is 6.44. The Hall–Kier alpha value is -0.480. The zero-order valence-electron chi connectivity index (χ0n) is 6.44. The quantitative estimate of drug-likeness (QED) is 0.502. The van der Waals surface area contributed by atoms with Gasteiger partial charge in [0.05, 0.1) is 0 Å². The van der Waals surface area contributed by atoms with Crippen molar-refractivity contribution < 1.29 is 4.74 Å². The minimum atomic E-state index is -0.321. The Morgan fingerprint density at radius 2 is 1.90 bits per heavy atom. The van der Waals surface area contributed by atoms with E-state index in [0.717, 1.165) is 12.8 Å². The number of hydrogen-bond donors (Lipinski definition) is 0. The van der Waals surface area contributed by atoms with Crippen LogP contribution in [0.2, 0.25) is 0 Å². The predicted molar refractivity (Wildman–Crippen MR) is 40.0 cm³/mol. The Morgan fingerprint density at radius 3 is 2.20 bits per heavy atom. The number of rotatable bonds is 1. The van der Waals surface area contributed by atoms with Gasteiger partial charge in [-0.3, -0.25) is 0 Å². The monoisotopic (exact) mass is 137 g/mol. The molecule has 1 radical (unpaired) electrons. The fraction of sp³-hybridized carbons (Fsp3) is 0.778. The van der Waals surface area contributed by atoms with E-state index in [1.807, 2.05) is 0 Å². The van der Waals surface area contributed by atoms with Gasteiger partial charge in [0.2, 0.25) is 0 Å². The molecule has 0 aliphatic heterocycles. The maximum atomic E-state index is 7.07. The summed E-state index contributed by atoms with van der Waals surface area (Å²) < 4.78 is 5.23.